The van der Waals surface area contributed by atoms with Gasteiger partial charge in [-0.1, -0.05) is 12.1 Å². The van der Waals surface area contributed by atoms with Gasteiger partial charge in [0.15, 0.2) is 0 Å². The zero-order valence-corrected chi connectivity index (χ0v) is 18.9. The molecule has 0 spiro atoms. The monoisotopic (exact) mass is 556 g/mol. The van der Waals surface area contributed by atoms with Crippen LogP contribution in [0.1, 0.15) is 11.4 Å². The first-order valence-electron chi connectivity index (χ1n) is 7.29. The van der Waals surface area contributed by atoms with E-state index in [1.807, 2.05) is 36.4 Å². The van der Waals surface area contributed by atoms with Crippen molar-refractivity contribution in [2.45, 2.75) is 13.1 Å². The van der Waals surface area contributed by atoms with E-state index in [0.29, 0.717) is 13.1 Å². The van der Waals surface area contributed by atoms with E-state index in [1.165, 1.54) is 0 Å². The van der Waals surface area contributed by atoms with Crippen LogP contribution in [0, 0.1) is 0 Å². The minimum absolute atomic E-state index is 0. The topological polar surface area (TPSA) is 153 Å². The summed E-state index contributed by atoms with van der Waals surface area (Å²) >= 11 is 0. The molecule has 0 bridgehead atoms. The van der Waals surface area contributed by atoms with E-state index >= 15 is 0 Å². The van der Waals surface area contributed by atoms with Gasteiger partial charge in [0.1, 0.15) is 0 Å². The van der Waals surface area contributed by atoms with Crippen molar-refractivity contribution in [2.24, 2.45) is 0 Å². The molecule has 0 saturated carbocycles. The van der Waals surface area contributed by atoms with Crippen molar-refractivity contribution in [2.75, 3.05) is 26.3 Å². The smallest absolute Gasteiger partial charge is 1.00 e. The normalized spacial score (nSPS) is 8.07. The fraction of sp³-hybridized carbons (Fsp3) is 0.375. The predicted octanol–water partition coefficient (Wildman–Crippen LogP) is -7.32. The quantitative estimate of drug-likeness (QED) is 0.187. The fourth-order valence-electron chi connectivity index (χ4n) is 1.60. The Hall–Kier alpha value is -0.486. The third-order valence-electron chi connectivity index (χ3n) is 2.64. The molecule has 0 unspecified atom stereocenters. The molecule has 0 aromatic carbocycles. The molecule has 160 valence electrons. The molecule has 27 heavy (non-hydrogen) atoms. The number of rotatable bonds is 8. The van der Waals surface area contributed by atoms with Gasteiger partial charge in [-0.3, -0.25) is 9.97 Å². The third kappa shape index (κ3) is 21.7. The zero-order chi connectivity index (χ0) is 15.9. The molecule has 0 saturated heterocycles. The van der Waals surface area contributed by atoms with E-state index < -0.39 is 0 Å². The van der Waals surface area contributed by atoms with E-state index in [0.717, 1.165) is 24.5 Å². The van der Waals surface area contributed by atoms with Gasteiger partial charge in [0, 0.05) is 38.6 Å². The van der Waals surface area contributed by atoms with Gasteiger partial charge in [0.05, 0.1) is 24.6 Å². The average Bonchev–Trinajstić information content (AvgIpc) is 2.58. The maximum Gasteiger partial charge on any atom is 2.00 e. The van der Waals surface area contributed by atoms with E-state index in [1.54, 1.807) is 12.4 Å². The van der Waals surface area contributed by atoms with E-state index in [2.05, 4.69) is 20.6 Å². The number of aliphatic hydroxyl groups is 2. The first-order valence-corrected chi connectivity index (χ1v) is 7.29. The molecule has 2 aromatic heterocycles. The number of halogens is 2. The van der Waals surface area contributed by atoms with Crippen LogP contribution in [0.25, 0.3) is 0 Å². The largest absolute Gasteiger partial charge is 2.00 e. The number of nitrogens with zero attached hydrogens (tertiary/aromatic N) is 2. The van der Waals surface area contributed by atoms with Crippen LogP contribution in [0.15, 0.2) is 48.8 Å². The minimum atomic E-state index is 0. The first-order chi connectivity index (χ1) is 10.9. The van der Waals surface area contributed by atoms with E-state index in [-0.39, 0.29) is 74.6 Å². The molecule has 0 atom stereocenters. The molecule has 2 rings (SSSR count). The number of nitrogens with one attached hydrogen (secondary N) is 2. The van der Waals surface area contributed by atoms with Crippen LogP contribution in [-0.4, -0.2) is 57.4 Å². The summed E-state index contributed by atoms with van der Waals surface area (Å²) in [7, 11) is 0. The second-order valence-corrected chi connectivity index (χ2v) is 4.44. The summed E-state index contributed by atoms with van der Waals surface area (Å²) in [6.07, 6.45) is 3.52. The van der Waals surface area contributed by atoms with Gasteiger partial charge in [-0.2, -0.15) is 0 Å². The summed E-state index contributed by atoms with van der Waals surface area (Å²) in [6.45, 7) is 3.04. The molecule has 0 radical (unpaired) electrons. The molecule has 2 aromatic rings. The summed E-state index contributed by atoms with van der Waals surface area (Å²) in [5.41, 5.74) is 2.00. The van der Waals surface area contributed by atoms with Crippen LogP contribution < -0.4 is 44.6 Å². The summed E-state index contributed by atoms with van der Waals surface area (Å²) in [5.74, 6) is 0. The van der Waals surface area contributed by atoms with Crippen molar-refractivity contribution in [3.63, 3.8) is 0 Å². The molecule has 8 nitrogen and oxygen atoms in total. The molecule has 8 N–H and O–H groups in total. The van der Waals surface area contributed by atoms with Gasteiger partial charge in [-0.05, 0) is 24.3 Å². The van der Waals surface area contributed by atoms with Crippen LogP contribution in [-0.2, 0) is 29.6 Å². The third-order valence-corrected chi connectivity index (χ3v) is 2.64. The van der Waals surface area contributed by atoms with Crippen LogP contribution in [0.5, 0.6) is 0 Å². The number of hydrogen-bond acceptors (Lipinski definition) is 6. The summed E-state index contributed by atoms with van der Waals surface area (Å²) in [4.78, 5) is 8.21. The molecular formula is C16H28Br2N4NiO4. The summed E-state index contributed by atoms with van der Waals surface area (Å²) < 4.78 is 0. The Morgan fingerprint density at radius 1 is 0.704 bits per heavy atom. The Balaban J connectivity index is -0.000000101. The van der Waals surface area contributed by atoms with Crippen molar-refractivity contribution < 1.29 is 71.6 Å². The number of aromatic nitrogens is 2. The zero-order valence-electron chi connectivity index (χ0n) is 14.7. The second kappa shape index (κ2) is 27.7. The number of pyridine rings is 2. The Morgan fingerprint density at radius 3 is 1.33 bits per heavy atom. The Morgan fingerprint density at radius 2 is 1.07 bits per heavy atom. The van der Waals surface area contributed by atoms with Crippen molar-refractivity contribution in [1.82, 2.24) is 20.6 Å². The Kier molecular flexibility index (Phi) is 38.3. The standard InChI is InChI=1S/2C8H12N2O.2BrH.Ni.2H2O/c2*11-6-5-9-7-8-3-1-2-4-10-8;;;;;/h2*1-4,9,11H,5-7H2;2*1H;;2*1H2/q;;;;+2;;/p-2. The van der Waals surface area contributed by atoms with Crippen molar-refractivity contribution in [1.29, 1.82) is 0 Å². The van der Waals surface area contributed by atoms with Crippen LogP contribution >= 0.6 is 0 Å². The van der Waals surface area contributed by atoms with Crippen LogP contribution in [0.3, 0.4) is 0 Å². The number of aliphatic hydroxyl groups excluding tert-OH is 2. The predicted molar refractivity (Wildman–Crippen MR) is 93.3 cm³/mol. The fourth-order valence-corrected chi connectivity index (χ4v) is 1.60. The number of hydrogen-bond donors (Lipinski definition) is 4. The van der Waals surface area contributed by atoms with Crippen LogP contribution in [0.2, 0.25) is 0 Å². The molecule has 11 heteroatoms. The van der Waals surface area contributed by atoms with Gasteiger partial charge >= 0.3 is 16.5 Å². The average molecular weight is 559 g/mol. The van der Waals surface area contributed by atoms with Crippen molar-refractivity contribution in [3.8, 4) is 0 Å². The van der Waals surface area contributed by atoms with Gasteiger partial charge < -0.3 is 65.8 Å². The van der Waals surface area contributed by atoms with Gasteiger partial charge in [0.2, 0.25) is 0 Å². The molecule has 0 aliphatic carbocycles. The molecule has 0 fully saturated rings. The molecule has 0 aliphatic heterocycles. The van der Waals surface area contributed by atoms with E-state index in [4.69, 9.17) is 10.2 Å². The van der Waals surface area contributed by atoms with Gasteiger partial charge in [-0.15, -0.1) is 0 Å². The van der Waals surface area contributed by atoms with Crippen LogP contribution in [0.4, 0.5) is 0 Å². The van der Waals surface area contributed by atoms with Gasteiger partial charge in [0.25, 0.3) is 0 Å². The summed E-state index contributed by atoms with van der Waals surface area (Å²) in [6, 6.07) is 11.6. The second-order valence-electron chi connectivity index (χ2n) is 4.44. The maximum atomic E-state index is 8.46. The van der Waals surface area contributed by atoms with Crippen molar-refractivity contribution in [3.05, 3.63) is 60.2 Å². The Labute approximate surface area is 191 Å². The maximum absolute atomic E-state index is 8.46. The Bertz CT molecular complexity index is 445. The SMILES string of the molecule is O.O.OCCNCc1ccccn1.OCCNCc1ccccn1.[Br-].[Br-].[Ni+2]. The van der Waals surface area contributed by atoms with Crippen molar-refractivity contribution >= 4 is 0 Å². The minimum Gasteiger partial charge on any atom is -1.00 e. The molecule has 2 heterocycles. The summed E-state index contributed by atoms with van der Waals surface area (Å²) in [5, 5.41) is 23.0. The molecule has 0 amide bonds. The van der Waals surface area contributed by atoms with E-state index in [9.17, 15) is 0 Å². The molecular weight excluding hydrogens is 531 g/mol. The first kappa shape index (κ1) is 37.3. The molecule has 0 aliphatic rings. The van der Waals surface area contributed by atoms with Gasteiger partial charge in [-0.25, -0.2) is 0 Å².